The average Bonchev–Trinajstić information content (AvgIpc) is 2.28. The topological polar surface area (TPSA) is 47.0 Å². The van der Waals surface area contributed by atoms with Crippen LogP contribution in [0.4, 0.5) is 5.95 Å². The lowest BCUT2D eigenvalue weighted by molar-refractivity contribution is 0.394. The van der Waals surface area contributed by atoms with E-state index in [1.54, 1.807) is 25.1 Å². The molecule has 1 aromatic rings. The standard InChI is InChI=1S/C10H16BrN3OS/c1-10(2,16-4)6-13-9-12-5-7(11)8(14-9)15-3/h5H,6H2,1-4H3,(H,12,13,14). The smallest absolute Gasteiger partial charge is 0.232 e. The van der Waals surface area contributed by atoms with Crippen LogP contribution in [-0.2, 0) is 0 Å². The molecule has 6 heteroatoms. The number of aromatic nitrogens is 2. The van der Waals surface area contributed by atoms with Crippen molar-refractivity contribution in [3.8, 4) is 5.88 Å². The summed E-state index contributed by atoms with van der Waals surface area (Å²) in [6, 6.07) is 0. The van der Waals surface area contributed by atoms with E-state index >= 15 is 0 Å². The molecule has 0 aromatic carbocycles. The Labute approximate surface area is 109 Å². The summed E-state index contributed by atoms with van der Waals surface area (Å²) in [5.41, 5.74) is 0. The third kappa shape index (κ3) is 3.83. The van der Waals surface area contributed by atoms with Crippen molar-refractivity contribution in [2.45, 2.75) is 18.6 Å². The number of hydrogen-bond acceptors (Lipinski definition) is 5. The summed E-state index contributed by atoms with van der Waals surface area (Å²) in [5.74, 6) is 1.13. The van der Waals surface area contributed by atoms with E-state index in [0.717, 1.165) is 11.0 Å². The van der Waals surface area contributed by atoms with E-state index < -0.39 is 0 Å². The minimum atomic E-state index is 0.156. The molecule has 0 saturated heterocycles. The average molecular weight is 306 g/mol. The van der Waals surface area contributed by atoms with Crippen LogP contribution in [-0.4, -0.2) is 34.6 Å². The van der Waals surface area contributed by atoms with E-state index in [4.69, 9.17) is 4.74 Å². The predicted octanol–water partition coefficient (Wildman–Crippen LogP) is 2.80. The Bertz CT molecular complexity index is 360. The zero-order valence-corrected chi connectivity index (χ0v) is 12.3. The Morgan fingerprint density at radius 1 is 1.56 bits per heavy atom. The van der Waals surface area contributed by atoms with E-state index in [-0.39, 0.29) is 4.75 Å². The molecule has 0 aliphatic rings. The SMILES string of the molecule is COc1nc(NCC(C)(C)SC)ncc1Br. The van der Waals surface area contributed by atoms with Gasteiger partial charge in [-0.1, -0.05) is 0 Å². The number of ether oxygens (including phenoxy) is 1. The molecule has 4 nitrogen and oxygen atoms in total. The lowest BCUT2D eigenvalue weighted by atomic mass is 10.2. The number of nitrogens with one attached hydrogen (secondary N) is 1. The van der Waals surface area contributed by atoms with Crippen molar-refractivity contribution in [2.75, 3.05) is 25.2 Å². The summed E-state index contributed by atoms with van der Waals surface area (Å²) in [7, 11) is 1.59. The maximum atomic E-state index is 5.10. The molecule has 0 fully saturated rings. The van der Waals surface area contributed by atoms with Gasteiger partial charge in [0.15, 0.2) is 0 Å². The van der Waals surface area contributed by atoms with Gasteiger partial charge >= 0.3 is 0 Å². The van der Waals surface area contributed by atoms with Crippen molar-refractivity contribution < 1.29 is 4.74 Å². The maximum absolute atomic E-state index is 5.10. The van der Waals surface area contributed by atoms with Gasteiger partial charge in [-0.3, -0.25) is 0 Å². The van der Waals surface area contributed by atoms with Gasteiger partial charge in [-0.2, -0.15) is 16.7 Å². The molecule has 0 amide bonds. The third-order valence-electron chi connectivity index (χ3n) is 2.13. The lowest BCUT2D eigenvalue weighted by Gasteiger charge is -2.22. The second-order valence-corrected chi connectivity index (χ2v) is 6.24. The van der Waals surface area contributed by atoms with Crippen LogP contribution in [0.2, 0.25) is 0 Å². The molecule has 1 heterocycles. The van der Waals surface area contributed by atoms with Crippen molar-refractivity contribution in [3.63, 3.8) is 0 Å². The fourth-order valence-corrected chi connectivity index (χ4v) is 1.51. The monoisotopic (exact) mass is 305 g/mol. The van der Waals surface area contributed by atoms with Gasteiger partial charge in [0.05, 0.1) is 17.8 Å². The number of methoxy groups -OCH3 is 1. The molecule has 0 saturated carbocycles. The van der Waals surface area contributed by atoms with Crippen LogP contribution < -0.4 is 10.1 Å². The first-order chi connectivity index (χ1) is 7.48. The maximum Gasteiger partial charge on any atom is 0.232 e. The summed E-state index contributed by atoms with van der Waals surface area (Å²) in [4.78, 5) is 8.39. The first-order valence-corrected chi connectivity index (χ1v) is 6.86. The lowest BCUT2D eigenvalue weighted by Crippen LogP contribution is -2.26. The Balaban J connectivity index is 2.68. The fraction of sp³-hybridized carbons (Fsp3) is 0.600. The first-order valence-electron chi connectivity index (χ1n) is 4.84. The van der Waals surface area contributed by atoms with Crippen LogP contribution in [0, 0.1) is 0 Å². The summed E-state index contributed by atoms with van der Waals surface area (Å²) in [6.07, 6.45) is 3.77. The molecular formula is C10H16BrN3OS. The summed E-state index contributed by atoms with van der Waals surface area (Å²) in [5, 5.41) is 3.19. The van der Waals surface area contributed by atoms with Crippen molar-refractivity contribution >= 4 is 33.6 Å². The van der Waals surface area contributed by atoms with Gasteiger partial charge < -0.3 is 10.1 Å². The highest BCUT2D eigenvalue weighted by Gasteiger charge is 2.16. The first kappa shape index (κ1) is 13.6. The van der Waals surface area contributed by atoms with Gasteiger partial charge in [0.2, 0.25) is 11.8 Å². The molecule has 0 atom stereocenters. The minimum absolute atomic E-state index is 0.156. The molecule has 0 radical (unpaired) electrons. The number of anilines is 1. The Morgan fingerprint density at radius 2 is 2.25 bits per heavy atom. The Kier molecular flexibility index (Phi) is 4.86. The van der Waals surface area contributed by atoms with E-state index in [2.05, 4.69) is 51.3 Å². The molecular weight excluding hydrogens is 290 g/mol. The highest BCUT2D eigenvalue weighted by atomic mass is 79.9. The molecule has 1 N–H and O–H groups in total. The second-order valence-electron chi connectivity index (χ2n) is 3.87. The van der Waals surface area contributed by atoms with Crippen LogP contribution in [0.5, 0.6) is 5.88 Å². The Hall–Kier alpha value is -0.490. The van der Waals surface area contributed by atoms with Gasteiger partial charge in [-0.15, -0.1) is 0 Å². The van der Waals surface area contributed by atoms with Crippen molar-refractivity contribution in [1.29, 1.82) is 0 Å². The molecule has 0 bridgehead atoms. The molecule has 0 aliphatic carbocycles. The molecule has 1 rings (SSSR count). The number of rotatable bonds is 5. The molecule has 0 unspecified atom stereocenters. The van der Waals surface area contributed by atoms with Crippen LogP contribution in [0.15, 0.2) is 10.7 Å². The Morgan fingerprint density at radius 3 is 2.81 bits per heavy atom. The van der Waals surface area contributed by atoms with Gasteiger partial charge in [-0.05, 0) is 36.0 Å². The van der Waals surface area contributed by atoms with E-state index in [0.29, 0.717) is 11.8 Å². The van der Waals surface area contributed by atoms with Crippen LogP contribution in [0.25, 0.3) is 0 Å². The van der Waals surface area contributed by atoms with E-state index in [9.17, 15) is 0 Å². The highest BCUT2D eigenvalue weighted by Crippen LogP contribution is 2.24. The molecule has 16 heavy (non-hydrogen) atoms. The van der Waals surface area contributed by atoms with Crippen LogP contribution >= 0.6 is 27.7 Å². The molecule has 90 valence electrons. The third-order valence-corrected chi connectivity index (χ3v) is 3.92. The minimum Gasteiger partial charge on any atom is -0.480 e. The fourth-order valence-electron chi connectivity index (χ4n) is 0.944. The summed E-state index contributed by atoms with van der Waals surface area (Å²) < 4.78 is 6.01. The van der Waals surface area contributed by atoms with Crippen molar-refractivity contribution in [1.82, 2.24) is 9.97 Å². The molecule has 0 spiro atoms. The van der Waals surface area contributed by atoms with Gasteiger partial charge in [0.1, 0.15) is 0 Å². The van der Waals surface area contributed by atoms with Gasteiger partial charge in [0.25, 0.3) is 0 Å². The van der Waals surface area contributed by atoms with Gasteiger partial charge in [0, 0.05) is 11.3 Å². The highest BCUT2D eigenvalue weighted by molar-refractivity contribution is 9.10. The number of halogens is 1. The van der Waals surface area contributed by atoms with E-state index in [1.807, 2.05) is 0 Å². The predicted molar refractivity (Wildman–Crippen MR) is 72.4 cm³/mol. The largest absolute Gasteiger partial charge is 0.480 e. The van der Waals surface area contributed by atoms with Crippen molar-refractivity contribution in [3.05, 3.63) is 10.7 Å². The van der Waals surface area contributed by atoms with Gasteiger partial charge in [-0.25, -0.2) is 4.98 Å². The van der Waals surface area contributed by atoms with E-state index in [1.165, 1.54) is 0 Å². The molecule has 0 aliphatic heterocycles. The zero-order chi connectivity index (χ0) is 12.2. The van der Waals surface area contributed by atoms with Crippen LogP contribution in [0.1, 0.15) is 13.8 Å². The summed E-state index contributed by atoms with van der Waals surface area (Å²) in [6.45, 7) is 5.14. The molecule has 1 aromatic heterocycles. The zero-order valence-electron chi connectivity index (χ0n) is 9.87. The van der Waals surface area contributed by atoms with Crippen molar-refractivity contribution in [2.24, 2.45) is 0 Å². The normalized spacial score (nSPS) is 11.3. The second kappa shape index (κ2) is 5.72. The quantitative estimate of drug-likeness (QED) is 0.906. The van der Waals surface area contributed by atoms with Crippen LogP contribution in [0.3, 0.4) is 0 Å². The number of thioether (sulfide) groups is 1. The number of hydrogen-bond donors (Lipinski definition) is 1. The summed E-state index contributed by atoms with van der Waals surface area (Å²) >= 11 is 5.11. The number of nitrogens with zero attached hydrogens (tertiary/aromatic N) is 2.